The van der Waals surface area contributed by atoms with E-state index in [1.807, 2.05) is 13.8 Å². The Balaban J connectivity index is 0.000000720. The van der Waals surface area contributed by atoms with Crippen molar-refractivity contribution in [2.24, 2.45) is 0 Å². The van der Waals surface area contributed by atoms with Gasteiger partial charge in [-0.1, -0.05) is 0 Å². The van der Waals surface area contributed by atoms with Gasteiger partial charge in [-0.25, -0.2) is 0 Å². The van der Waals surface area contributed by atoms with Crippen LogP contribution in [0.15, 0.2) is 0 Å². The molecule has 0 aromatic carbocycles. The van der Waals surface area contributed by atoms with Gasteiger partial charge in [0, 0.05) is 13.1 Å². The number of carbonyl (C=O) groups is 1. The molecule has 3 N–H and O–H groups in total. The Hall–Kier alpha value is -0.0300. The fourth-order valence-corrected chi connectivity index (χ4v) is 1.61. The Morgan fingerprint density at radius 1 is 1.23 bits per heavy atom. The fraction of sp³-hybridized carbons (Fsp3) is 0.857. The highest BCUT2D eigenvalue weighted by Gasteiger charge is 2.51. The number of hydrogen-bond acceptors (Lipinski definition) is 3. The third-order valence-electron chi connectivity index (χ3n) is 2.33. The van der Waals surface area contributed by atoms with Crippen LogP contribution < -0.4 is 16.0 Å². The van der Waals surface area contributed by atoms with Gasteiger partial charge in [0.1, 0.15) is 5.66 Å². The molecule has 4 nitrogen and oxygen atoms in total. The summed E-state index contributed by atoms with van der Waals surface area (Å²) in [5.41, 5.74) is -0.539. The smallest absolute Gasteiger partial charge is 0.241 e. The van der Waals surface area contributed by atoms with Gasteiger partial charge in [-0.15, -0.1) is 24.8 Å². The predicted molar refractivity (Wildman–Crippen MR) is 55.5 cm³/mol. The van der Waals surface area contributed by atoms with Crippen molar-refractivity contribution in [3.05, 3.63) is 0 Å². The van der Waals surface area contributed by atoms with E-state index in [0.717, 1.165) is 13.1 Å². The zero-order chi connectivity index (χ0) is 8.11. The molecule has 0 aromatic heterocycles. The number of carbonyl (C=O) groups excluding carboxylic acids is 1. The van der Waals surface area contributed by atoms with E-state index in [1.54, 1.807) is 0 Å². The normalized spacial score (nSPS) is 26.8. The first-order valence-corrected chi connectivity index (χ1v) is 3.87. The van der Waals surface area contributed by atoms with Crippen LogP contribution in [0.5, 0.6) is 0 Å². The first kappa shape index (κ1) is 13.0. The maximum absolute atomic E-state index is 11.3. The van der Waals surface area contributed by atoms with Crippen LogP contribution in [0.25, 0.3) is 0 Å². The van der Waals surface area contributed by atoms with E-state index in [4.69, 9.17) is 0 Å². The van der Waals surface area contributed by atoms with Crippen LogP contribution in [0.2, 0.25) is 0 Å². The molecule has 13 heavy (non-hydrogen) atoms. The largest absolute Gasteiger partial charge is 0.334 e. The summed E-state index contributed by atoms with van der Waals surface area (Å²) in [6.07, 6.45) is 0. The fourth-order valence-electron chi connectivity index (χ4n) is 1.61. The lowest BCUT2D eigenvalue weighted by atomic mass is 10.0. The van der Waals surface area contributed by atoms with Gasteiger partial charge in [-0.2, -0.15) is 0 Å². The van der Waals surface area contributed by atoms with Crippen LogP contribution in [0, 0.1) is 0 Å². The molecule has 1 spiro atoms. The van der Waals surface area contributed by atoms with Crippen LogP contribution in [0.3, 0.4) is 0 Å². The van der Waals surface area contributed by atoms with Crippen LogP contribution in [0.1, 0.15) is 13.8 Å². The maximum Gasteiger partial charge on any atom is 0.241 e. The lowest BCUT2D eigenvalue weighted by molar-refractivity contribution is -0.123. The lowest BCUT2D eigenvalue weighted by Gasteiger charge is -2.39. The van der Waals surface area contributed by atoms with Crippen LogP contribution >= 0.6 is 24.8 Å². The molecule has 0 aromatic rings. The number of hydrogen-bond donors (Lipinski definition) is 3. The summed E-state index contributed by atoms with van der Waals surface area (Å²) >= 11 is 0. The zero-order valence-corrected chi connectivity index (χ0v) is 9.27. The van der Waals surface area contributed by atoms with Crippen molar-refractivity contribution in [1.29, 1.82) is 0 Å². The molecule has 2 fully saturated rings. The molecule has 0 unspecified atom stereocenters. The third-order valence-corrected chi connectivity index (χ3v) is 2.33. The van der Waals surface area contributed by atoms with Crippen molar-refractivity contribution in [2.45, 2.75) is 25.0 Å². The lowest BCUT2D eigenvalue weighted by Crippen LogP contribution is -2.72. The highest BCUT2D eigenvalue weighted by molar-refractivity contribution is 5.88. The molecular formula is C7H15Cl2N3O. The van der Waals surface area contributed by atoms with E-state index < -0.39 is 5.54 Å². The highest BCUT2D eigenvalue weighted by Crippen LogP contribution is 2.20. The molecule has 2 aliphatic rings. The third kappa shape index (κ3) is 1.91. The standard InChI is InChI=1S/C7H13N3O.2ClH/c1-6(2)5(11)9-7(10-6)3-8-4-7;;/h8,10H,3-4H2,1-2H3,(H,9,11);2*1H. The molecule has 2 heterocycles. The van der Waals surface area contributed by atoms with Crippen LogP contribution in [0.4, 0.5) is 0 Å². The van der Waals surface area contributed by atoms with Crippen molar-refractivity contribution < 1.29 is 4.79 Å². The Morgan fingerprint density at radius 3 is 1.92 bits per heavy atom. The Bertz CT molecular complexity index is 216. The molecule has 2 aliphatic heterocycles. The summed E-state index contributed by atoms with van der Waals surface area (Å²) in [5.74, 6) is 0.0963. The van der Waals surface area contributed by atoms with Crippen molar-refractivity contribution in [3.8, 4) is 0 Å². The van der Waals surface area contributed by atoms with E-state index >= 15 is 0 Å². The average molecular weight is 228 g/mol. The van der Waals surface area contributed by atoms with Gasteiger partial charge in [-0.05, 0) is 13.8 Å². The minimum atomic E-state index is -0.401. The first-order valence-electron chi connectivity index (χ1n) is 3.87. The quantitative estimate of drug-likeness (QED) is 0.530. The van der Waals surface area contributed by atoms with E-state index in [1.165, 1.54) is 0 Å². The second-order valence-corrected chi connectivity index (χ2v) is 3.89. The highest BCUT2D eigenvalue weighted by atomic mass is 35.5. The second kappa shape index (κ2) is 3.61. The molecule has 0 aliphatic carbocycles. The van der Waals surface area contributed by atoms with E-state index in [9.17, 15) is 4.79 Å². The SMILES string of the molecule is CC1(C)NC2(CNC2)NC1=O.Cl.Cl. The molecule has 1 amide bonds. The van der Waals surface area contributed by atoms with Crippen LogP contribution in [-0.2, 0) is 4.79 Å². The van der Waals surface area contributed by atoms with Gasteiger partial charge in [0.2, 0.25) is 5.91 Å². The summed E-state index contributed by atoms with van der Waals surface area (Å²) in [5, 5.41) is 9.34. The molecule has 0 bridgehead atoms. The van der Waals surface area contributed by atoms with E-state index in [0.29, 0.717) is 0 Å². The Morgan fingerprint density at radius 2 is 1.77 bits per heavy atom. The number of halogens is 2. The van der Waals surface area contributed by atoms with Gasteiger partial charge in [0.25, 0.3) is 0 Å². The monoisotopic (exact) mass is 227 g/mol. The summed E-state index contributed by atoms with van der Waals surface area (Å²) in [7, 11) is 0. The minimum Gasteiger partial charge on any atom is -0.334 e. The molecule has 0 radical (unpaired) electrons. The maximum atomic E-state index is 11.3. The van der Waals surface area contributed by atoms with Crippen LogP contribution in [-0.4, -0.2) is 30.2 Å². The van der Waals surface area contributed by atoms with Crippen molar-refractivity contribution in [3.63, 3.8) is 0 Å². The van der Waals surface area contributed by atoms with Gasteiger partial charge >= 0.3 is 0 Å². The van der Waals surface area contributed by atoms with E-state index in [2.05, 4.69) is 16.0 Å². The molecule has 6 heteroatoms. The van der Waals surface area contributed by atoms with E-state index in [-0.39, 0.29) is 36.4 Å². The molecule has 2 saturated heterocycles. The molecule has 0 atom stereocenters. The number of amides is 1. The predicted octanol–water partition coefficient (Wildman–Crippen LogP) is -0.372. The minimum absolute atomic E-state index is 0. The van der Waals surface area contributed by atoms with Crippen molar-refractivity contribution >= 4 is 30.7 Å². The molecule has 2 rings (SSSR count). The summed E-state index contributed by atoms with van der Waals surface area (Å²) in [4.78, 5) is 11.3. The summed E-state index contributed by atoms with van der Waals surface area (Å²) in [6, 6.07) is 0. The second-order valence-electron chi connectivity index (χ2n) is 3.89. The summed E-state index contributed by atoms with van der Waals surface area (Å²) < 4.78 is 0. The number of rotatable bonds is 0. The Labute approximate surface area is 90.0 Å². The molecular weight excluding hydrogens is 213 g/mol. The molecule has 78 valence electrons. The van der Waals surface area contributed by atoms with Gasteiger partial charge in [0.05, 0.1) is 5.54 Å². The number of nitrogens with one attached hydrogen (secondary N) is 3. The van der Waals surface area contributed by atoms with Gasteiger partial charge in [0.15, 0.2) is 0 Å². The van der Waals surface area contributed by atoms with Gasteiger partial charge < -0.3 is 10.6 Å². The average Bonchev–Trinajstić information content (AvgIpc) is 2.03. The topological polar surface area (TPSA) is 53.2 Å². The van der Waals surface area contributed by atoms with Crippen molar-refractivity contribution in [2.75, 3.05) is 13.1 Å². The Kier molecular flexibility index (Phi) is 3.60. The summed E-state index contributed by atoms with van der Waals surface area (Å²) in [6.45, 7) is 5.47. The van der Waals surface area contributed by atoms with Crippen molar-refractivity contribution in [1.82, 2.24) is 16.0 Å². The molecule has 0 saturated carbocycles. The zero-order valence-electron chi connectivity index (χ0n) is 7.64. The van der Waals surface area contributed by atoms with Gasteiger partial charge in [-0.3, -0.25) is 10.1 Å². The first-order chi connectivity index (χ1) is 5.04.